The molecule has 6 heteroatoms. The van der Waals surface area contributed by atoms with E-state index in [1.807, 2.05) is 52.0 Å². The first-order chi connectivity index (χ1) is 12.3. The third-order valence-corrected chi connectivity index (χ3v) is 5.28. The molecule has 0 unspecified atom stereocenters. The van der Waals surface area contributed by atoms with Crippen LogP contribution in [0.3, 0.4) is 0 Å². The highest BCUT2D eigenvalue weighted by Gasteiger charge is 2.27. The lowest BCUT2D eigenvalue weighted by Crippen LogP contribution is -2.34. The SMILES string of the molecule is CCN1C(=O)c2cccnc2Sc2cc(CNC(=O)C(C)(C)C)ccc21. The van der Waals surface area contributed by atoms with Crippen molar-refractivity contribution in [2.75, 3.05) is 11.4 Å². The molecule has 0 bridgehead atoms. The molecule has 1 aromatic heterocycles. The van der Waals surface area contributed by atoms with E-state index < -0.39 is 5.41 Å². The summed E-state index contributed by atoms with van der Waals surface area (Å²) in [7, 11) is 0. The second-order valence-corrected chi connectivity index (χ2v) is 8.27. The molecule has 1 aliphatic rings. The van der Waals surface area contributed by atoms with Crippen molar-refractivity contribution < 1.29 is 9.59 Å². The molecule has 26 heavy (non-hydrogen) atoms. The minimum Gasteiger partial charge on any atom is -0.352 e. The van der Waals surface area contributed by atoms with E-state index >= 15 is 0 Å². The number of nitrogens with one attached hydrogen (secondary N) is 1. The van der Waals surface area contributed by atoms with E-state index in [2.05, 4.69) is 10.3 Å². The number of aromatic nitrogens is 1. The van der Waals surface area contributed by atoms with Crippen LogP contribution in [0.15, 0.2) is 46.5 Å². The topological polar surface area (TPSA) is 62.3 Å². The van der Waals surface area contributed by atoms with E-state index in [1.165, 1.54) is 11.8 Å². The highest BCUT2D eigenvalue weighted by Crippen LogP contribution is 2.40. The van der Waals surface area contributed by atoms with Crippen molar-refractivity contribution in [2.24, 2.45) is 5.41 Å². The van der Waals surface area contributed by atoms with Gasteiger partial charge in [-0.1, -0.05) is 38.6 Å². The van der Waals surface area contributed by atoms with Crippen molar-refractivity contribution >= 4 is 29.3 Å². The number of pyridine rings is 1. The van der Waals surface area contributed by atoms with Crippen LogP contribution in [-0.4, -0.2) is 23.3 Å². The van der Waals surface area contributed by atoms with Crippen LogP contribution in [-0.2, 0) is 11.3 Å². The zero-order valence-corrected chi connectivity index (χ0v) is 16.3. The first-order valence-corrected chi connectivity index (χ1v) is 9.49. The van der Waals surface area contributed by atoms with E-state index in [4.69, 9.17) is 0 Å². The Balaban J connectivity index is 1.93. The molecule has 2 heterocycles. The summed E-state index contributed by atoms with van der Waals surface area (Å²) in [5.74, 6) is -0.0203. The number of anilines is 1. The van der Waals surface area contributed by atoms with Gasteiger partial charge in [0.25, 0.3) is 5.91 Å². The summed E-state index contributed by atoms with van der Waals surface area (Å²) in [5, 5.41) is 3.68. The second kappa shape index (κ2) is 7.11. The largest absolute Gasteiger partial charge is 0.352 e. The van der Waals surface area contributed by atoms with Crippen molar-refractivity contribution in [3.8, 4) is 0 Å². The number of carbonyl (C=O) groups is 2. The van der Waals surface area contributed by atoms with Gasteiger partial charge in [0.1, 0.15) is 5.03 Å². The molecular formula is C20H23N3O2S. The zero-order valence-electron chi connectivity index (χ0n) is 15.5. The molecule has 0 atom stereocenters. The van der Waals surface area contributed by atoms with Crippen LogP contribution in [0, 0.1) is 5.41 Å². The van der Waals surface area contributed by atoms with Gasteiger partial charge < -0.3 is 10.2 Å². The number of hydrogen-bond acceptors (Lipinski definition) is 4. The Labute approximate surface area is 158 Å². The van der Waals surface area contributed by atoms with E-state index in [1.54, 1.807) is 17.2 Å². The molecule has 0 fully saturated rings. The number of amides is 2. The van der Waals surface area contributed by atoms with Gasteiger partial charge in [0.2, 0.25) is 5.91 Å². The van der Waals surface area contributed by atoms with Gasteiger partial charge in [-0.3, -0.25) is 9.59 Å². The molecule has 1 N–H and O–H groups in total. The van der Waals surface area contributed by atoms with Crippen LogP contribution in [0.2, 0.25) is 0 Å². The summed E-state index contributed by atoms with van der Waals surface area (Å²) >= 11 is 1.49. The first kappa shape index (κ1) is 18.5. The summed E-state index contributed by atoms with van der Waals surface area (Å²) in [4.78, 5) is 32.1. The Bertz CT molecular complexity index is 858. The Morgan fingerprint density at radius 1 is 1.27 bits per heavy atom. The quantitative estimate of drug-likeness (QED) is 0.892. The van der Waals surface area contributed by atoms with Crippen LogP contribution >= 0.6 is 11.8 Å². The average Bonchev–Trinajstić information content (AvgIpc) is 2.72. The number of rotatable bonds is 3. The molecule has 0 saturated heterocycles. The number of benzene rings is 1. The molecule has 0 aliphatic carbocycles. The van der Waals surface area contributed by atoms with Crippen molar-refractivity contribution in [1.29, 1.82) is 0 Å². The average molecular weight is 369 g/mol. The van der Waals surface area contributed by atoms with Gasteiger partial charge in [-0.15, -0.1) is 0 Å². The number of hydrogen-bond donors (Lipinski definition) is 1. The fourth-order valence-electron chi connectivity index (χ4n) is 2.73. The number of fused-ring (bicyclic) bond motifs is 2. The van der Waals surface area contributed by atoms with Crippen molar-refractivity contribution in [1.82, 2.24) is 10.3 Å². The molecule has 0 spiro atoms. The van der Waals surface area contributed by atoms with Gasteiger partial charge in [0.05, 0.1) is 11.3 Å². The molecule has 0 saturated carbocycles. The third-order valence-electron chi connectivity index (χ3n) is 4.22. The number of nitrogens with zero attached hydrogens (tertiary/aromatic N) is 2. The van der Waals surface area contributed by atoms with Crippen molar-refractivity contribution in [3.63, 3.8) is 0 Å². The van der Waals surface area contributed by atoms with Crippen LogP contribution in [0.25, 0.3) is 0 Å². The second-order valence-electron chi connectivity index (χ2n) is 7.24. The van der Waals surface area contributed by atoms with E-state index in [0.29, 0.717) is 23.7 Å². The van der Waals surface area contributed by atoms with Gasteiger partial charge in [0, 0.05) is 29.6 Å². The zero-order chi connectivity index (χ0) is 18.9. The van der Waals surface area contributed by atoms with Gasteiger partial charge in [-0.05, 0) is 36.8 Å². The predicted molar refractivity (Wildman–Crippen MR) is 103 cm³/mol. The molecule has 136 valence electrons. The Morgan fingerprint density at radius 3 is 2.73 bits per heavy atom. The molecule has 3 rings (SSSR count). The lowest BCUT2D eigenvalue weighted by atomic mass is 9.95. The highest BCUT2D eigenvalue weighted by atomic mass is 32.2. The van der Waals surface area contributed by atoms with Crippen LogP contribution in [0.1, 0.15) is 43.6 Å². The maximum atomic E-state index is 12.9. The lowest BCUT2D eigenvalue weighted by Gasteiger charge is -2.22. The van der Waals surface area contributed by atoms with Gasteiger partial charge >= 0.3 is 0 Å². The fraction of sp³-hybridized carbons (Fsp3) is 0.350. The summed E-state index contributed by atoms with van der Waals surface area (Å²) in [6.07, 6.45) is 1.70. The molecule has 5 nitrogen and oxygen atoms in total. The van der Waals surface area contributed by atoms with Crippen molar-refractivity contribution in [2.45, 2.75) is 44.2 Å². The monoisotopic (exact) mass is 369 g/mol. The molecule has 2 aromatic rings. The Morgan fingerprint density at radius 2 is 2.04 bits per heavy atom. The van der Waals surface area contributed by atoms with Crippen molar-refractivity contribution in [3.05, 3.63) is 47.7 Å². The first-order valence-electron chi connectivity index (χ1n) is 8.67. The van der Waals surface area contributed by atoms with Gasteiger partial charge in [-0.25, -0.2) is 4.98 Å². The summed E-state index contributed by atoms with van der Waals surface area (Å²) in [6, 6.07) is 9.55. The Hall–Kier alpha value is -2.34. The summed E-state index contributed by atoms with van der Waals surface area (Å²) in [6.45, 7) is 8.68. The number of carbonyl (C=O) groups excluding carboxylic acids is 2. The minimum absolute atomic E-state index is 0.0115. The van der Waals surface area contributed by atoms with Crippen LogP contribution in [0.4, 0.5) is 5.69 Å². The molecule has 2 amide bonds. The van der Waals surface area contributed by atoms with Crippen LogP contribution < -0.4 is 10.2 Å². The standard InChI is InChI=1S/C20H23N3O2S/c1-5-23-15-9-8-13(12-22-19(25)20(2,3)4)11-16(15)26-17-14(18(23)24)7-6-10-21-17/h6-11H,5,12H2,1-4H3,(H,22,25). The maximum absolute atomic E-state index is 12.9. The third kappa shape index (κ3) is 3.60. The molecule has 1 aromatic carbocycles. The van der Waals surface area contributed by atoms with Crippen LogP contribution in [0.5, 0.6) is 0 Å². The molecule has 1 aliphatic heterocycles. The molecular weight excluding hydrogens is 346 g/mol. The van der Waals surface area contributed by atoms with Gasteiger partial charge in [-0.2, -0.15) is 0 Å². The normalized spacial score (nSPS) is 13.7. The molecule has 0 radical (unpaired) electrons. The summed E-state index contributed by atoms with van der Waals surface area (Å²) < 4.78 is 0. The van der Waals surface area contributed by atoms with E-state index in [0.717, 1.165) is 16.1 Å². The van der Waals surface area contributed by atoms with Gasteiger partial charge in [0.15, 0.2) is 0 Å². The van der Waals surface area contributed by atoms with E-state index in [-0.39, 0.29) is 11.8 Å². The van der Waals surface area contributed by atoms with E-state index in [9.17, 15) is 9.59 Å². The highest BCUT2D eigenvalue weighted by molar-refractivity contribution is 7.99. The predicted octanol–water partition coefficient (Wildman–Crippen LogP) is 3.88. The minimum atomic E-state index is -0.422. The lowest BCUT2D eigenvalue weighted by molar-refractivity contribution is -0.128. The Kier molecular flexibility index (Phi) is 5.05. The summed E-state index contributed by atoms with van der Waals surface area (Å²) in [5.41, 5.74) is 2.08. The smallest absolute Gasteiger partial charge is 0.261 e. The fourth-order valence-corrected chi connectivity index (χ4v) is 3.81. The maximum Gasteiger partial charge on any atom is 0.261 e.